The maximum Gasteiger partial charge on any atom is 0.271 e. The fourth-order valence-corrected chi connectivity index (χ4v) is 2.49. The van der Waals surface area contributed by atoms with Gasteiger partial charge in [-0.1, -0.05) is 26.7 Å². The van der Waals surface area contributed by atoms with Crippen LogP contribution >= 0.6 is 0 Å². The van der Waals surface area contributed by atoms with Crippen LogP contribution in [0.3, 0.4) is 0 Å². The van der Waals surface area contributed by atoms with Gasteiger partial charge in [0.1, 0.15) is 11.6 Å². The monoisotopic (exact) mass is 306 g/mol. The quantitative estimate of drug-likeness (QED) is 0.485. The molecule has 0 saturated carbocycles. The Balaban J connectivity index is 2.53. The average Bonchev–Trinajstić information content (AvgIpc) is 2.49. The highest BCUT2D eigenvalue weighted by molar-refractivity contribution is 6.10. The molecule has 1 atom stereocenters. The molecule has 0 aliphatic carbocycles. The minimum absolute atomic E-state index is 0.0509. The van der Waals surface area contributed by atoms with Crippen molar-refractivity contribution in [3.8, 4) is 6.07 Å². The molecule has 5 nitrogen and oxygen atoms in total. The molecule has 1 aliphatic rings. The molecule has 0 radical (unpaired) electrons. The van der Waals surface area contributed by atoms with Gasteiger partial charge in [-0.25, -0.2) is 0 Å². The summed E-state index contributed by atoms with van der Waals surface area (Å²) in [4.78, 5) is 25.4. The van der Waals surface area contributed by atoms with Gasteiger partial charge in [0.2, 0.25) is 5.91 Å². The van der Waals surface area contributed by atoms with E-state index in [2.05, 4.69) is 6.92 Å². The SMILES string of the molecule is CCCCCOC(CC)CCN1C(=O)CC(C)=C(C#N)C1=O. The first kappa shape index (κ1) is 18.4. The Morgan fingerprint density at radius 2 is 2.05 bits per heavy atom. The molecule has 122 valence electrons. The molecule has 2 amide bonds. The topological polar surface area (TPSA) is 70.4 Å². The number of hydrogen-bond donors (Lipinski definition) is 0. The van der Waals surface area contributed by atoms with E-state index in [1.807, 2.05) is 13.0 Å². The van der Waals surface area contributed by atoms with Crippen molar-refractivity contribution in [3.63, 3.8) is 0 Å². The number of carbonyl (C=O) groups is 2. The molecule has 0 aromatic rings. The summed E-state index contributed by atoms with van der Waals surface area (Å²) in [5, 5.41) is 9.03. The Kier molecular flexibility index (Phi) is 7.83. The van der Waals surface area contributed by atoms with E-state index >= 15 is 0 Å². The molecule has 0 bridgehead atoms. The Morgan fingerprint density at radius 3 is 2.64 bits per heavy atom. The molecule has 1 unspecified atom stereocenters. The van der Waals surface area contributed by atoms with Gasteiger partial charge in [0, 0.05) is 19.6 Å². The number of amides is 2. The molecular weight excluding hydrogens is 280 g/mol. The predicted octanol–water partition coefficient (Wildman–Crippen LogP) is 2.96. The molecule has 1 rings (SSSR count). The maximum absolute atomic E-state index is 12.2. The number of imide groups is 1. The molecule has 0 aromatic heterocycles. The second kappa shape index (κ2) is 9.37. The average molecular weight is 306 g/mol. The number of unbranched alkanes of at least 4 members (excludes halogenated alkanes) is 2. The second-order valence-corrected chi connectivity index (χ2v) is 5.69. The Morgan fingerprint density at radius 1 is 1.32 bits per heavy atom. The van der Waals surface area contributed by atoms with Crippen LogP contribution in [0.15, 0.2) is 11.1 Å². The summed E-state index contributed by atoms with van der Waals surface area (Å²) in [5.74, 6) is -0.681. The zero-order valence-corrected chi connectivity index (χ0v) is 13.9. The molecule has 22 heavy (non-hydrogen) atoms. The summed E-state index contributed by atoms with van der Waals surface area (Å²) in [6.45, 7) is 6.89. The van der Waals surface area contributed by atoms with Crippen molar-refractivity contribution in [2.75, 3.05) is 13.2 Å². The smallest absolute Gasteiger partial charge is 0.271 e. The third-order valence-electron chi connectivity index (χ3n) is 3.95. The van der Waals surface area contributed by atoms with Gasteiger partial charge >= 0.3 is 0 Å². The lowest BCUT2D eigenvalue weighted by Crippen LogP contribution is -2.42. The van der Waals surface area contributed by atoms with Gasteiger partial charge in [0.25, 0.3) is 5.91 Å². The largest absolute Gasteiger partial charge is 0.378 e. The number of hydrogen-bond acceptors (Lipinski definition) is 4. The van der Waals surface area contributed by atoms with Gasteiger partial charge in [0.15, 0.2) is 0 Å². The Labute approximate surface area is 132 Å². The number of rotatable bonds is 9. The third-order valence-corrected chi connectivity index (χ3v) is 3.95. The van der Waals surface area contributed by atoms with Crippen LogP contribution in [0.4, 0.5) is 0 Å². The predicted molar refractivity (Wildman–Crippen MR) is 83.8 cm³/mol. The molecule has 0 fully saturated rings. The van der Waals surface area contributed by atoms with Crippen LogP contribution in [0.25, 0.3) is 0 Å². The molecule has 0 aromatic carbocycles. The van der Waals surface area contributed by atoms with Crippen LogP contribution in [0.5, 0.6) is 0 Å². The highest BCUT2D eigenvalue weighted by Gasteiger charge is 2.31. The van der Waals surface area contributed by atoms with Gasteiger partial charge < -0.3 is 4.74 Å². The maximum atomic E-state index is 12.2. The van der Waals surface area contributed by atoms with Crippen molar-refractivity contribution in [2.24, 2.45) is 0 Å². The van der Waals surface area contributed by atoms with Crippen LogP contribution in [-0.4, -0.2) is 36.0 Å². The lowest BCUT2D eigenvalue weighted by atomic mass is 10.0. The summed E-state index contributed by atoms with van der Waals surface area (Å²) in [7, 11) is 0. The van der Waals surface area contributed by atoms with Crippen molar-refractivity contribution in [3.05, 3.63) is 11.1 Å². The van der Waals surface area contributed by atoms with Crippen molar-refractivity contribution in [1.82, 2.24) is 4.90 Å². The molecule has 0 N–H and O–H groups in total. The van der Waals surface area contributed by atoms with Crippen molar-refractivity contribution in [2.45, 2.75) is 65.4 Å². The highest BCUT2D eigenvalue weighted by atomic mass is 16.5. The highest BCUT2D eigenvalue weighted by Crippen LogP contribution is 2.20. The normalized spacial score (nSPS) is 16.9. The third kappa shape index (κ3) is 4.96. The van der Waals surface area contributed by atoms with Gasteiger partial charge in [-0.05, 0) is 31.8 Å². The summed E-state index contributed by atoms with van der Waals surface area (Å²) in [6.07, 6.45) is 5.02. The van der Waals surface area contributed by atoms with E-state index in [0.717, 1.165) is 32.3 Å². The number of nitriles is 1. The number of ether oxygens (including phenoxy) is 1. The minimum atomic E-state index is -0.461. The van der Waals surface area contributed by atoms with E-state index in [4.69, 9.17) is 10.00 Å². The number of nitrogens with zero attached hydrogens (tertiary/aromatic N) is 2. The van der Waals surface area contributed by atoms with E-state index in [1.165, 1.54) is 4.90 Å². The molecule has 1 aliphatic heterocycles. The summed E-state index contributed by atoms with van der Waals surface area (Å²) < 4.78 is 5.80. The van der Waals surface area contributed by atoms with Crippen molar-refractivity contribution < 1.29 is 14.3 Å². The lowest BCUT2D eigenvalue weighted by molar-refractivity contribution is -0.143. The first-order chi connectivity index (χ1) is 10.5. The van der Waals surface area contributed by atoms with Crippen LogP contribution < -0.4 is 0 Å². The van der Waals surface area contributed by atoms with Crippen LogP contribution in [0.2, 0.25) is 0 Å². The number of carbonyl (C=O) groups excluding carboxylic acids is 2. The first-order valence-electron chi connectivity index (χ1n) is 8.11. The van der Waals surface area contributed by atoms with Gasteiger partial charge in [-0.3, -0.25) is 14.5 Å². The van der Waals surface area contributed by atoms with Crippen LogP contribution in [0, 0.1) is 11.3 Å². The van der Waals surface area contributed by atoms with E-state index in [9.17, 15) is 9.59 Å². The molecular formula is C17H26N2O3. The summed E-state index contributed by atoms with van der Waals surface area (Å²) in [6, 6.07) is 1.91. The molecule has 0 saturated heterocycles. The summed E-state index contributed by atoms with van der Waals surface area (Å²) >= 11 is 0. The minimum Gasteiger partial charge on any atom is -0.378 e. The van der Waals surface area contributed by atoms with E-state index < -0.39 is 5.91 Å². The van der Waals surface area contributed by atoms with Gasteiger partial charge in [0.05, 0.1) is 6.10 Å². The molecule has 0 spiro atoms. The molecule has 5 heteroatoms. The van der Waals surface area contributed by atoms with Gasteiger partial charge in [-0.2, -0.15) is 5.26 Å². The molecule has 1 heterocycles. The second-order valence-electron chi connectivity index (χ2n) is 5.69. The summed E-state index contributed by atoms with van der Waals surface area (Å²) in [5.41, 5.74) is 0.674. The van der Waals surface area contributed by atoms with Crippen LogP contribution in [-0.2, 0) is 14.3 Å². The van der Waals surface area contributed by atoms with Crippen molar-refractivity contribution in [1.29, 1.82) is 5.26 Å². The fourth-order valence-electron chi connectivity index (χ4n) is 2.49. The standard InChI is InChI=1S/C17H26N2O3/c1-4-6-7-10-22-14(5-2)8-9-19-16(20)11-13(3)15(12-18)17(19)21/h14H,4-11H2,1-3H3. The van der Waals surface area contributed by atoms with E-state index in [1.54, 1.807) is 6.92 Å². The zero-order valence-electron chi connectivity index (χ0n) is 13.9. The lowest BCUT2D eigenvalue weighted by Gasteiger charge is -2.27. The first-order valence-corrected chi connectivity index (χ1v) is 8.11. The zero-order chi connectivity index (χ0) is 16.5. The van der Waals surface area contributed by atoms with E-state index in [0.29, 0.717) is 18.5 Å². The fraction of sp³-hybridized carbons (Fsp3) is 0.706. The van der Waals surface area contributed by atoms with Crippen molar-refractivity contribution >= 4 is 11.8 Å². The van der Waals surface area contributed by atoms with E-state index in [-0.39, 0.29) is 24.0 Å². The Hall–Kier alpha value is -1.67. The van der Waals surface area contributed by atoms with Crippen LogP contribution in [0.1, 0.15) is 59.3 Å². The Bertz CT molecular complexity index is 477. The van der Waals surface area contributed by atoms with Gasteiger partial charge in [-0.15, -0.1) is 0 Å².